The van der Waals surface area contributed by atoms with E-state index in [1.807, 2.05) is 0 Å². The third-order valence-corrected chi connectivity index (χ3v) is 2.05. The van der Waals surface area contributed by atoms with E-state index in [0.29, 0.717) is 0 Å². The van der Waals surface area contributed by atoms with Crippen molar-refractivity contribution in [3.05, 3.63) is 29.8 Å². The standard InChI is InChI=1S/C10H7ClF4O2/c11-8(16)6-1-3-7(4-2-6)17-5-10(14,15)9(12)13/h1-4,9H,5H2. The molecule has 1 aromatic carbocycles. The molecule has 0 spiro atoms. The molecule has 0 radical (unpaired) electrons. The molecule has 0 fully saturated rings. The summed E-state index contributed by atoms with van der Waals surface area (Å²) in [5.41, 5.74) is 0.152. The first-order chi connectivity index (χ1) is 7.83. The average Bonchev–Trinajstić information content (AvgIpc) is 2.27. The number of halogens is 5. The fraction of sp³-hybridized carbons (Fsp3) is 0.300. The molecule has 0 saturated carbocycles. The lowest BCUT2D eigenvalue weighted by Crippen LogP contribution is -2.33. The van der Waals surface area contributed by atoms with Crippen LogP contribution in [0.15, 0.2) is 24.3 Å². The van der Waals surface area contributed by atoms with Gasteiger partial charge in [0.2, 0.25) is 0 Å². The Morgan fingerprint density at radius 3 is 2.24 bits per heavy atom. The monoisotopic (exact) mass is 270 g/mol. The maximum absolute atomic E-state index is 12.5. The minimum absolute atomic E-state index is 0.0491. The van der Waals surface area contributed by atoms with Gasteiger partial charge < -0.3 is 4.74 Å². The zero-order chi connectivity index (χ0) is 13.1. The molecule has 2 nitrogen and oxygen atoms in total. The van der Waals surface area contributed by atoms with Gasteiger partial charge in [-0.15, -0.1) is 0 Å². The summed E-state index contributed by atoms with van der Waals surface area (Å²) in [5.74, 6) is -4.26. The number of hydrogen-bond acceptors (Lipinski definition) is 2. The predicted octanol–water partition coefficient (Wildman–Crippen LogP) is 3.34. The molecule has 0 saturated heterocycles. The molecule has 0 aliphatic heterocycles. The van der Waals surface area contributed by atoms with Crippen molar-refractivity contribution in [2.75, 3.05) is 6.61 Å². The summed E-state index contributed by atoms with van der Waals surface area (Å²) in [6.45, 7) is -1.43. The van der Waals surface area contributed by atoms with Crippen molar-refractivity contribution in [1.82, 2.24) is 0 Å². The number of hydrogen-bond donors (Lipinski definition) is 0. The summed E-state index contributed by atoms with van der Waals surface area (Å²) in [6.07, 6.45) is -3.79. The van der Waals surface area contributed by atoms with Gasteiger partial charge in [0.1, 0.15) is 5.75 Å². The van der Waals surface area contributed by atoms with Crippen LogP contribution in [0.3, 0.4) is 0 Å². The minimum atomic E-state index is -4.21. The molecule has 0 aliphatic rings. The largest absolute Gasteiger partial charge is 0.487 e. The van der Waals surface area contributed by atoms with Gasteiger partial charge in [-0.2, -0.15) is 8.78 Å². The van der Waals surface area contributed by atoms with E-state index in [9.17, 15) is 22.4 Å². The molecule has 0 atom stereocenters. The number of ether oxygens (including phenoxy) is 1. The summed E-state index contributed by atoms with van der Waals surface area (Å²) in [6, 6.07) is 4.87. The van der Waals surface area contributed by atoms with Gasteiger partial charge in [0.05, 0.1) is 0 Å². The van der Waals surface area contributed by atoms with Crippen LogP contribution in [0.2, 0.25) is 0 Å². The van der Waals surface area contributed by atoms with Crippen LogP contribution in [0.5, 0.6) is 5.75 Å². The highest BCUT2D eigenvalue weighted by molar-refractivity contribution is 6.67. The lowest BCUT2D eigenvalue weighted by Gasteiger charge is -2.15. The Kier molecular flexibility index (Phi) is 4.34. The molecule has 0 N–H and O–H groups in total. The van der Waals surface area contributed by atoms with E-state index in [1.165, 1.54) is 24.3 Å². The summed E-state index contributed by atoms with van der Waals surface area (Å²) >= 11 is 5.15. The van der Waals surface area contributed by atoms with Crippen LogP contribution >= 0.6 is 11.6 Å². The Labute approximate surface area is 99.1 Å². The van der Waals surface area contributed by atoms with Crippen molar-refractivity contribution < 1.29 is 27.1 Å². The van der Waals surface area contributed by atoms with Gasteiger partial charge in [-0.1, -0.05) is 0 Å². The number of rotatable bonds is 5. The van der Waals surface area contributed by atoms with E-state index < -0.39 is 24.2 Å². The van der Waals surface area contributed by atoms with E-state index in [0.717, 1.165) is 0 Å². The second-order valence-electron chi connectivity index (χ2n) is 3.15. The smallest absolute Gasteiger partial charge is 0.340 e. The van der Waals surface area contributed by atoms with Crippen molar-refractivity contribution in [3.8, 4) is 5.75 Å². The molecule has 0 aliphatic carbocycles. The van der Waals surface area contributed by atoms with E-state index in [4.69, 9.17) is 11.6 Å². The van der Waals surface area contributed by atoms with Gasteiger partial charge in [-0.25, -0.2) is 8.78 Å². The van der Waals surface area contributed by atoms with Crippen molar-refractivity contribution in [1.29, 1.82) is 0 Å². The van der Waals surface area contributed by atoms with Crippen LogP contribution in [0.1, 0.15) is 10.4 Å². The average molecular weight is 271 g/mol. The van der Waals surface area contributed by atoms with Gasteiger partial charge in [0, 0.05) is 5.56 Å². The molecule has 1 rings (SSSR count). The molecule has 94 valence electrons. The van der Waals surface area contributed by atoms with Gasteiger partial charge in [0.15, 0.2) is 6.61 Å². The van der Waals surface area contributed by atoms with Crippen LogP contribution < -0.4 is 4.74 Å². The van der Waals surface area contributed by atoms with Crippen molar-refractivity contribution in [2.24, 2.45) is 0 Å². The van der Waals surface area contributed by atoms with E-state index in [-0.39, 0.29) is 11.3 Å². The second kappa shape index (κ2) is 5.35. The Morgan fingerprint density at radius 2 is 1.82 bits per heavy atom. The maximum atomic E-state index is 12.5. The van der Waals surface area contributed by atoms with E-state index >= 15 is 0 Å². The Hall–Kier alpha value is -1.30. The summed E-state index contributed by atoms with van der Waals surface area (Å²) in [7, 11) is 0. The number of benzene rings is 1. The van der Waals surface area contributed by atoms with Crippen molar-refractivity contribution in [3.63, 3.8) is 0 Å². The third kappa shape index (κ3) is 3.89. The van der Waals surface area contributed by atoms with Crippen LogP contribution in [0, 0.1) is 0 Å². The Bertz CT molecular complexity index is 392. The lowest BCUT2D eigenvalue weighted by molar-refractivity contribution is -0.148. The summed E-state index contributed by atoms with van der Waals surface area (Å²) < 4.78 is 53.0. The zero-order valence-corrected chi connectivity index (χ0v) is 9.06. The van der Waals surface area contributed by atoms with Gasteiger partial charge in [-0.05, 0) is 35.9 Å². The summed E-state index contributed by atoms with van der Waals surface area (Å²) in [5, 5.41) is -0.713. The Morgan fingerprint density at radius 1 is 1.29 bits per heavy atom. The van der Waals surface area contributed by atoms with E-state index in [1.54, 1.807) is 0 Å². The SMILES string of the molecule is O=C(Cl)c1ccc(OCC(F)(F)C(F)F)cc1. The third-order valence-electron chi connectivity index (χ3n) is 1.83. The molecular formula is C10H7ClF4O2. The molecule has 0 heterocycles. The van der Waals surface area contributed by atoms with Crippen molar-refractivity contribution >= 4 is 16.8 Å². The van der Waals surface area contributed by atoms with Crippen LogP contribution in [-0.4, -0.2) is 24.2 Å². The van der Waals surface area contributed by atoms with Crippen LogP contribution in [0.25, 0.3) is 0 Å². The first-order valence-corrected chi connectivity index (χ1v) is 4.79. The zero-order valence-electron chi connectivity index (χ0n) is 8.30. The second-order valence-corrected chi connectivity index (χ2v) is 3.49. The van der Waals surface area contributed by atoms with E-state index in [2.05, 4.69) is 4.74 Å². The number of carbonyl (C=O) groups is 1. The molecular weight excluding hydrogens is 264 g/mol. The number of alkyl halides is 4. The number of carbonyl (C=O) groups excluding carboxylic acids is 1. The fourth-order valence-electron chi connectivity index (χ4n) is 0.925. The molecule has 17 heavy (non-hydrogen) atoms. The quantitative estimate of drug-likeness (QED) is 0.606. The van der Waals surface area contributed by atoms with Gasteiger partial charge in [0.25, 0.3) is 5.24 Å². The highest BCUT2D eigenvalue weighted by Gasteiger charge is 2.41. The predicted molar refractivity (Wildman–Crippen MR) is 53.1 cm³/mol. The van der Waals surface area contributed by atoms with Crippen LogP contribution in [-0.2, 0) is 0 Å². The van der Waals surface area contributed by atoms with Gasteiger partial charge in [-0.3, -0.25) is 4.79 Å². The molecule has 0 amide bonds. The molecule has 0 aromatic heterocycles. The molecule has 0 bridgehead atoms. The maximum Gasteiger partial charge on any atom is 0.340 e. The highest BCUT2D eigenvalue weighted by Crippen LogP contribution is 2.24. The van der Waals surface area contributed by atoms with Gasteiger partial charge >= 0.3 is 12.3 Å². The fourth-order valence-corrected chi connectivity index (χ4v) is 1.05. The molecule has 7 heteroatoms. The first-order valence-electron chi connectivity index (χ1n) is 4.41. The Balaban J connectivity index is 2.62. The highest BCUT2D eigenvalue weighted by atomic mass is 35.5. The van der Waals surface area contributed by atoms with Crippen molar-refractivity contribution in [2.45, 2.75) is 12.3 Å². The molecule has 0 unspecified atom stereocenters. The molecule has 1 aromatic rings. The minimum Gasteiger partial charge on any atom is -0.487 e. The topological polar surface area (TPSA) is 26.3 Å². The lowest BCUT2D eigenvalue weighted by atomic mass is 10.2. The first kappa shape index (κ1) is 13.8. The normalized spacial score (nSPS) is 11.6. The van der Waals surface area contributed by atoms with Crippen LogP contribution in [0.4, 0.5) is 17.6 Å². The summed E-state index contributed by atoms with van der Waals surface area (Å²) in [4.78, 5) is 10.7.